The third-order valence-electron chi connectivity index (χ3n) is 4.82. The van der Waals surface area contributed by atoms with Crippen LogP contribution in [0.15, 0.2) is 42.5 Å². The minimum Gasteiger partial charge on any atom is -0.493 e. The summed E-state index contributed by atoms with van der Waals surface area (Å²) in [4.78, 5) is 39.1. The minimum atomic E-state index is -0.408. The lowest BCUT2D eigenvalue weighted by molar-refractivity contribution is -0.124. The Bertz CT molecular complexity index is 928. The van der Waals surface area contributed by atoms with E-state index >= 15 is 0 Å². The van der Waals surface area contributed by atoms with Gasteiger partial charge in [-0.05, 0) is 43.7 Å². The van der Waals surface area contributed by atoms with Crippen LogP contribution < -0.4 is 20.1 Å². The van der Waals surface area contributed by atoms with E-state index in [1.807, 2.05) is 26.0 Å². The van der Waals surface area contributed by atoms with Gasteiger partial charge < -0.3 is 25.0 Å². The zero-order valence-corrected chi connectivity index (χ0v) is 19.1. The quantitative estimate of drug-likeness (QED) is 0.559. The number of carbonyl (C=O) groups excluding carboxylic acids is 3. The number of methoxy groups -OCH3 is 2. The summed E-state index contributed by atoms with van der Waals surface area (Å²) in [7, 11) is 3.02. The molecule has 2 aromatic rings. The van der Waals surface area contributed by atoms with Crippen LogP contribution in [0.4, 0.5) is 5.69 Å². The monoisotopic (exact) mass is 441 g/mol. The molecule has 172 valence electrons. The number of ether oxygens (including phenoxy) is 2. The number of rotatable bonds is 11. The highest BCUT2D eigenvalue weighted by molar-refractivity contribution is 5.98. The first kappa shape index (κ1) is 24.7. The van der Waals surface area contributed by atoms with Gasteiger partial charge in [-0.3, -0.25) is 14.4 Å². The molecule has 0 heterocycles. The van der Waals surface area contributed by atoms with Gasteiger partial charge in [0.1, 0.15) is 0 Å². The van der Waals surface area contributed by atoms with Crippen molar-refractivity contribution in [3.63, 3.8) is 0 Å². The molecule has 0 aliphatic carbocycles. The number of amides is 3. The molecule has 0 aliphatic rings. The maximum Gasteiger partial charge on any atom is 0.254 e. The maximum atomic E-state index is 13.0. The van der Waals surface area contributed by atoms with Crippen LogP contribution in [-0.2, 0) is 9.59 Å². The van der Waals surface area contributed by atoms with Gasteiger partial charge in [0.2, 0.25) is 11.8 Å². The number of nitrogens with one attached hydrogen (secondary N) is 2. The SMILES string of the molecule is CCCCN(CC(=O)NCC(=O)Nc1ccc(C)cc1)C(=O)c1ccc(OC)c(OC)c1. The average Bonchev–Trinajstić information content (AvgIpc) is 2.80. The van der Waals surface area contributed by atoms with E-state index in [4.69, 9.17) is 9.47 Å². The predicted octanol–water partition coefficient (Wildman–Crippen LogP) is 3.01. The predicted molar refractivity (Wildman–Crippen MR) is 123 cm³/mol. The number of carbonyl (C=O) groups is 3. The molecule has 32 heavy (non-hydrogen) atoms. The van der Waals surface area contributed by atoms with Crippen LogP contribution in [0, 0.1) is 6.92 Å². The first-order valence-electron chi connectivity index (χ1n) is 10.5. The van der Waals surface area contributed by atoms with Crippen molar-refractivity contribution in [1.29, 1.82) is 0 Å². The normalized spacial score (nSPS) is 10.2. The largest absolute Gasteiger partial charge is 0.493 e. The van der Waals surface area contributed by atoms with E-state index in [1.54, 1.807) is 30.3 Å². The zero-order chi connectivity index (χ0) is 23.5. The smallest absolute Gasteiger partial charge is 0.254 e. The number of aryl methyl sites for hydroxylation is 1. The number of hydrogen-bond acceptors (Lipinski definition) is 5. The van der Waals surface area contributed by atoms with Crippen molar-refractivity contribution < 1.29 is 23.9 Å². The molecule has 2 N–H and O–H groups in total. The van der Waals surface area contributed by atoms with Gasteiger partial charge in [0.15, 0.2) is 11.5 Å². The molecule has 0 radical (unpaired) electrons. The van der Waals surface area contributed by atoms with Gasteiger partial charge in [-0.2, -0.15) is 0 Å². The molecule has 8 heteroatoms. The highest BCUT2D eigenvalue weighted by Crippen LogP contribution is 2.28. The fraction of sp³-hybridized carbons (Fsp3) is 0.375. The second-order valence-electron chi connectivity index (χ2n) is 7.34. The average molecular weight is 442 g/mol. The summed E-state index contributed by atoms with van der Waals surface area (Å²) in [6, 6.07) is 12.2. The fourth-order valence-corrected chi connectivity index (χ4v) is 3.00. The molecule has 0 fully saturated rings. The molecule has 0 aliphatic heterocycles. The van der Waals surface area contributed by atoms with E-state index in [9.17, 15) is 14.4 Å². The Morgan fingerprint density at radius 3 is 2.25 bits per heavy atom. The lowest BCUT2D eigenvalue weighted by Gasteiger charge is -2.22. The fourth-order valence-electron chi connectivity index (χ4n) is 3.00. The molecule has 3 amide bonds. The Kier molecular flexibility index (Phi) is 9.53. The Morgan fingerprint density at radius 2 is 1.62 bits per heavy atom. The molecule has 0 bridgehead atoms. The van der Waals surface area contributed by atoms with Crippen LogP contribution in [0.2, 0.25) is 0 Å². The van der Waals surface area contributed by atoms with E-state index in [2.05, 4.69) is 10.6 Å². The third kappa shape index (κ3) is 7.30. The zero-order valence-electron chi connectivity index (χ0n) is 19.1. The highest BCUT2D eigenvalue weighted by Gasteiger charge is 2.20. The standard InChI is InChI=1S/C24H31N3O5/c1-5-6-13-27(24(30)18-9-12-20(31-3)21(14-18)32-4)16-23(29)25-15-22(28)26-19-10-7-17(2)8-11-19/h7-12,14H,5-6,13,15-16H2,1-4H3,(H,25,29)(H,26,28). The van der Waals surface area contributed by atoms with Crippen LogP contribution >= 0.6 is 0 Å². The summed E-state index contributed by atoms with van der Waals surface area (Å²) in [5, 5.41) is 5.30. The summed E-state index contributed by atoms with van der Waals surface area (Å²) in [6.07, 6.45) is 1.62. The molecule has 2 rings (SSSR count). The summed E-state index contributed by atoms with van der Waals surface area (Å²) in [5.41, 5.74) is 2.13. The summed E-state index contributed by atoms with van der Waals surface area (Å²) < 4.78 is 10.5. The topological polar surface area (TPSA) is 97.0 Å². The van der Waals surface area contributed by atoms with Crippen molar-refractivity contribution in [3.05, 3.63) is 53.6 Å². The van der Waals surface area contributed by atoms with Crippen LogP contribution in [0.3, 0.4) is 0 Å². The van der Waals surface area contributed by atoms with Gasteiger partial charge >= 0.3 is 0 Å². The van der Waals surface area contributed by atoms with Gasteiger partial charge in [0, 0.05) is 17.8 Å². The van der Waals surface area contributed by atoms with Crippen LogP contribution in [0.5, 0.6) is 11.5 Å². The highest BCUT2D eigenvalue weighted by atomic mass is 16.5. The molecule has 0 saturated carbocycles. The second kappa shape index (κ2) is 12.3. The number of benzene rings is 2. The van der Waals surface area contributed by atoms with Crippen molar-refractivity contribution in [2.24, 2.45) is 0 Å². The van der Waals surface area contributed by atoms with E-state index < -0.39 is 5.91 Å². The van der Waals surface area contributed by atoms with E-state index in [0.717, 1.165) is 18.4 Å². The molecular formula is C24H31N3O5. The summed E-state index contributed by atoms with van der Waals surface area (Å²) in [6.45, 7) is 4.06. The number of unbranched alkanes of at least 4 members (excludes halogenated alkanes) is 1. The van der Waals surface area contributed by atoms with E-state index in [0.29, 0.717) is 29.3 Å². The van der Waals surface area contributed by atoms with Gasteiger partial charge in [-0.25, -0.2) is 0 Å². The van der Waals surface area contributed by atoms with Crippen LogP contribution in [0.25, 0.3) is 0 Å². The molecule has 0 spiro atoms. The number of nitrogens with zero attached hydrogens (tertiary/aromatic N) is 1. The second-order valence-corrected chi connectivity index (χ2v) is 7.34. The molecule has 2 aromatic carbocycles. The van der Waals surface area contributed by atoms with Gasteiger partial charge in [-0.1, -0.05) is 31.0 Å². The Labute approximate surface area is 188 Å². The van der Waals surface area contributed by atoms with Crippen molar-refractivity contribution >= 4 is 23.4 Å². The molecule has 8 nitrogen and oxygen atoms in total. The van der Waals surface area contributed by atoms with Crippen LogP contribution in [0.1, 0.15) is 35.7 Å². The number of anilines is 1. The lowest BCUT2D eigenvalue weighted by Crippen LogP contribution is -2.43. The Balaban J connectivity index is 1.98. The molecular weight excluding hydrogens is 410 g/mol. The lowest BCUT2D eigenvalue weighted by atomic mass is 10.1. The maximum absolute atomic E-state index is 13.0. The summed E-state index contributed by atoms with van der Waals surface area (Å²) >= 11 is 0. The summed E-state index contributed by atoms with van der Waals surface area (Å²) in [5.74, 6) is -0.0892. The Hall–Kier alpha value is -3.55. The number of hydrogen-bond donors (Lipinski definition) is 2. The first-order chi connectivity index (χ1) is 15.4. The Morgan fingerprint density at radius 1 is 0.938 bits per heavy atom. The van der Waals surface area contributed by atoms with Crippen molar-refractivity contribution in [2.45, 2.75) is 26.7 Å². The van der Waals surface area contributed by atoms with Gasteiger partial charge in [0.25, 0.3) is 5.91 Å². The van der Waals surface area contributed by atoms with E-state index in [-0.39, 0.29) is 24.9 Å². The van der Waals surface area contributed by atoms with Crippen molar-refractivity contribution in [2.75, 3.05) is 39.2 Å². The van der Waals surface area contributed by atoms with E-state index in [1.165, 1.54) is 19.1 Å². The molecule has 0 saturated heterocycles. The van der Waals surface area contributed by atoms with Crippen molar-refractivity contribution in [1.82, 2.24) is 10.2 Å². The van der Waals surface area contributed by atoms with Crippen LogP contribution in [-0.4, -0.2) is 56.5 Å². The van der Waals surface area contributed by atoms with Crippen molar-refractivity contribution in [3.8, 4) is 11.5 Å². The molecule has 0 aromatic heterocycles. The first-order valence-corrected chi connectivity index (χ1v) is 10.5. The minimum absolute atomic E-state index is 0.148. The van der Waals surface area contributed by atoms with Gasteiger partial charge in [0.05, 0.1) is 27.3 Å². The van der Waals surface area contributed by atoms with Gasteiger partial charge in [-0.15, -0.1) is 0 Å². The molecule has 0 unspecified atom stereocenters. The molecule has 0 atom stereocenters. The third-order valence-corrected chi connectivity index (χ3v) is 4.82.